The lowest BCUT2D eigenvalue weighted by atomic mass is 10.1. The fourth-order valence-corrected chi connectivity index (χ4v) is 4.15. The van der Waals surface area contributed by atoms with Gasteiger partial charge in [-0.3, -0.25) is 9.59 Å². The van der Waals surface area contributed by atoms with Crippen LogP contribution < -0.4 is 25.3 Å². The van der Waals surface area contributed by atoms with Crippen molar-refractivity contribution in [2.75, 3.05) is 21.3 Å². The number of rotatable bonds is 7. The highest BCUT2D eigenvalue weighted by Gasteiger charge is 2.20. The molecule has 0 spiro atoms. The lowest BCUT2D eigenvalue weighted by Gasteiger charge is -2.13. The first-order valence-corrected chi connectivity index (χ1v) is 12.1. The number of pyridine rings is 1. The minimum Gasteiger partial charge on any atom is -0.497 e. The van der Waals surface area contributed by atoms with Gasteiger partial charge in [0, 0.05) is 10.9 Å². The smallest absolute Gasteiger partial charge is 0.299 e. The number of aromatic nitrogens is 3. The molecule has 0 saturated carbocycles. The molecule has 0 unspecified atom stereocenters. The molecule has 0 N–H and O–H groups in total. The largest absolute Gasteiger partial charge is 0.497 e. The van der Waals surface area contributed by atoms with Gasteiger partial charge in [-0.15, -0.1) is 0 Å². The third-order valence-electron chi connectivity index (χ3n) is 6.29. The Balaban J connectivity index is 1.77. The van der Waals surface area contributed by atoms with Crippen LogP contribution in [0.3, 0.4) is 0 Å². The summed E-state index contributed by atoms with van der Waals surface area (Å²) in [4.78, 5) is 27.3. The Labute approximate surface area is 228 Å². The Hall–Kier alpha value is -5.69. The van der Waals surface area contributed by atoms with Gasteiger partial charge < -0.3 is 14.2 Å². The van der Waals surface area contributed by atoms with E-state index in [-0.39, 0.29) is 16.5 Å². The van der Waals surface area contributed by atoms with E-state index in [1.165, 1.54) is 18.0 Å². The highest BCUT2D eigenvalue weighted by molar-refractivity contribution is 5.87. The van der Waals surface area contributed by atoms with Crippen LogP contribution >= 0.6 is 0 Å². The van der Waals surface area contributed by atoms with E-state index in [1.807, 2.05) is 6.07 Å². The number of hydrogen-bond acceptors (Lipinski definition) is 8. The molecule has 2 aromatic heterocycles. The van der Waals surface area contributed by atoms with E-state index in [1.54, 1.807) is 93.1 Å². The normalized spacial score (nSPS) is 10.9. The number of methoxy groups -OCH3 is 3. The minimum atomic E-state index is -0.653. The van der Waals surface area contributed by atoms with E-state index in [0.717, 1.165) is 10.2 Å². The number of ether oxygens (including phenoxy) is 3. The molecular weight excluding hydrogens is 510 g/mol. The van der Waals surface area contributed by atoms with Crippen LogP contribution in [0.2, 0.25) is 0 Å². The number of nitriles is 1. The summed E-state index contributed by atoms with van der Waals surface area (Å²) in [6.45, 7) is 0. The van der Waals surface area contributed by atoms with E-state index in [2.05, 4.69) is 10.2 Å². The Bertz CT molecular complexity index is 1880. The van der Waals surface area contributed by atoms with Crippen LogP contribution in [0.5, 0.6) is 17.2 Å². The van der Waals surface area contributed by atoms with Crippen LogP contribution in [-0.4, -0.2) is 42.0 Å². The molecule has 0 amide bonds. The van der Waals surface area contributed by atoms with Gasteiger partial charge in [-0.2, -0.15) is 24.8 Å². The predicted octanol–water partition coefficient (Wildman–Crippen LogP) is 3.99. The summed E-state index contributed by atoms with van der Waals surface area (Å²) in [7, 11) is 4.66. The fourth-order valence-electron chi connectivity index (χ4n) is 4.15. The van der Waals surface area contributed by atoms with Crippen LogP contribution in [-0.2, 0) is 0 Å². The molecule has 0 atom stereocenters. The lowest BCUT2D eigenvalue weighted by molar-refractivity contribution is 0.414. The van der Waals surface area contributed by atoms with Gasteiger partial charge in [-0.25, -0.2) is 0 Å². The second kappa shape index (κ2) is 11.0. The third-order valence-corrected chi connectivity index (χ3v) is 6.29. The average molecular weight is 534 g/mol. The van der Waals surface area contributed by atoms with Crippen molar-refractivity contribution in [3.05, 3.63) is 111 Å². The van der Waals surface area contributed by atoms with Gasteiger partial charge >= 0.3 is 0 Å². The average Bonchev–Trinajstić information content (AvgIpc) is 3.00. The first-order valence-electron chi connectivity index (χ1n) is 12.1. The van der Waals surface area contributed by atoms with Crippen LogP contribution in [0.4, 0.5) is 0 Å². The first kappa shape index (κ1) is 25.9. The summed E-state index contributed by atoms with van der Waals surface area (Å²) < 4.78 is 17.9. The number of benzene rings is 3. The Kier molecular flexibility index (Phi) is 7.11. The summed E-state index contributed by atoms with van der Waals surface area (Å²) >= 11 is 0. The molecule has 0 radical (unpaired) electrons. The molecule has 0 aliphatic rings. The first-order chi connectivity index (χ1) is 19.5. The zero-order valence-corrected chi connectivity index (χ0v) is 21.9. The molecule has 0 fully saturated rings. The minimum absolute atomic E-state index is 0.0869. The lowest BCUT2D eigenvalue weighted by Crippen LogP contribution is -2.29. The van der Waals surface area contributed by atoms with Gasteiger partial charge in [0.1, 0.15) is 28.9 Å². The summed E-state index contributed by atoms with van der Waals surface area (Å²) in [6, 6.07) is 24.3. The van der Waals surface area contributed by atoms with Crippen molar-refractivity contribution in [2.24, 2.45) is 5.10 Å². The molecule has 0 aliphatic carbocycles. The molecule has 198 valence electrons. The number of hydrogen-bond donors (Lipinski definition) is 0. The molecule has 5 aromatic rings. The molecule has 3 aromatic carbocycles. The number of nitrogens with zero attached hydrogens (tertiary/aromatic N) is 5. The topological polar surface area (TPSA) is 121 Å². The quantitative estimate of drug-likeness (QED) is 0.290. The summed E-state index contributed by atoms with van der Waals surface area (Å²) in [5, 5.41) is 19.0. The standard InChI is InChI=1S/C30H23N5O5/c1-38-22-10-4-19(5-11-22)18-32-35-27(20-6-12-23(39-2)13-7-20)16-25-26(17-31)29(36)34(33-28(25)30(35)37)21-8-14-24(40-3)15-9-21/h4-16,18H,1-3H3. The van der Waals surface area contributed by atoms with Crippen molar-refractivity contribution in [1.29, 1.82) is 5.26 Å². The van der Waals surface area contributed by atoms with E-state index >= 15 is 0 Å². The number of fused-ring (bicyclic) bond motifs is 1. The van der Waals surface area contributed by atoms with Gasteiger partial charge in [0.15, 0.2) is 5.52 Å². The molecule has 40 heavy (non-hydrogen) atoms. The zero-order chi connectivity index (χ0) is 28.2. The fraction of sp³-hybridized carbons (Fsp3) is 0.100. The highest BCUT2D eigenvalue weighted by atomic mass is 16.5. The Morgan fingerprint density at radius 1 is 0.800 bits per heavy atom. The Morgan fingerprint density at radius 3 is 1.90 bits per heavy atom. The molecule has 2 heterocycles. The monoisotopic (exact) mass is 533 g/mol. The van der Waals surface area contributed by atoms with Crippen molar-refractivity contribution in [3.63, 3.8) is 0 Å². The maximum absolute atomic E-state index is 13.9. The van der Waals surface area contributed by atoms with Gasteiger partial charge in [0.05, 0.1) is 38.9 Å². The Morgan fingerprint density at radius 2 is 1.35 bits per heavy atom. The molecule has 10 heteroatoms. The maximum Gasteiger partial charge on any atom is 0.299 e. The van der Waals surface area contributed by atoms with Crippen LogP contribution in [0.15, 0.2) is 93.6 Å². The van der Waals surface area contributed by atoms with Gasteiger partial charge in [-0.05, 0) is 84.4 Å². The van der Waals surface area contributed by atoms with Gasteiger partial charge in [-0.1, -0.05) is 0 Å². The van der Waals surface area contributed by atoms with Crippen LogP contribution in [0, 0.1) is 11.3 Å². The predicted molar refractivity (Wildman–Crippen MR) is 151 cm³/mol. The van der Waals surface area contributed by atoms with Crippen LogP contribution in [0.1, 0.15) is 11.1 Å². The molecular formula is C30H23N5O5. The molecule has 0 bridgehead atoms. The van der Waals surface area contributed by atoms with Crippen molar-refractivity contribution >= 4 is 17.1 Å². The molecule has 5 rings (SSSR count). The van der Waals surface area contributed by atoms with Crippen molar-refractivity contribution in [1.82, 2.24) is 14.5 Å². The molecule has 0 saturated heterocycles. The van der Waals surface area contributed by atoms with E-state index < -0.39 is 11.1 Å². The SMILES string of the molecule is COc1ccc(C=Nn2c(-c3ccc(OC)cc3)cc3c(C#N)c(=O)n(-c4ccc(OC)cc4)nc3c2=O)cc1. The second-order valence-electron chi connectivity index (χ2n) is 8.56. The maximum atomic E-state index is 13.9. The summed E-state index contributed by atoms with van der Waals surface area (Å²) in [6.07, 6.45) is 1.53. The van der Waals surface area contributed by atoms with Crippen molar-refractivity contribution < 1.29 is 14.2 Å². The second-order valence-corrected chi connectivity index (χ2v) is 8.56. The van der Waals surface area contributed by atoms with E-state index in [4.69, 9.17) is 14.2 Å². The zero-order valence-electron chi connectivity index (χ0n) is 21.9. The van der Waals surface area contributed by atoms with E-state index in [0.29, 0.717) is 34.2 Å². The van der Waals surface area contributed by atoms with Crippen molar-refractivity contribution in [2.45, 2.75) is 0 Å². The van der Waals surface area contributed by atoms with Gasteiger partial charge in [0.25, 0.3) is 11.1 Å². The molecule has 0 aliphatic heterocycles. The third kappa shape index (κ3) is 4.79. The van der Waals surface area contributed by atoms with Gasteiger partial charge in [0.2, 0.25) is 0 Å². The highest BCUT2D eigenvalue weighted by Crippen LogP contribution is 2.25. The summed E-state index contributed by atoms with van der Waals surface area (Å²) in [5.74, 6) is 1.89. The van der Waals surface area contributed by atoms with Crippen LogP contribution in [0.25, 0.3) is 27.8 Å². The van der Waals surface area contributed by atoms with E-state index in [9.17, 15) is 14.9 Å². The summed E-state index contributed by atoms with van der Waals surface area (Å²) in [5.41, 5.74) is 0.528. The van der Waals surface area contributed by atoms with Crippen molar-refractivity contribution in [3.8, 4) is 40.3 Å². The molecule has 10 nitrogen and oxygen atoms in total.